The van der Waals surface area contributed by atoms with Gasteiger partial charge in [0.15, 0.2) is 0 Å². The summed E-state index contributed by atoms with van der Waals surface area (Å²) < 4.78 is 0. The molecule has 2 N–H and O–H groups in total. The van der Waals surface area contributed by atoms with E-state index < -0.39 is 0 Å². The van der Waals surface area contributed by atoms with Crippen molar-refractivity contribution >= 4 is 11.5 Å². The molecule has 1 saturated heterocycles. The van der Waals surface area contributed by atoms with Crippen LogP contribution in [0.5, 0.6) is 0 Å². The first-order chi connectivity index (χ1) is 12.8. The highest BCUT2D eigenvalue weighted by Crippen LogP contribution is 2.36. The lowest BCUT2D eigenvalue weighted by Crippen LogP contribution is -2.61. The van der Waals surface area contributed by atoms with Crippen molar-refractivity contribution in [2.45, 2.75) is 31.3 Å². The van der Waals surface area contributed by atoms with Gasteiger partial charge < -0.3 is 5.32 Å². The second-order valence-electron chi connectivity index (χ2n) is 7.16. The number of para-hydroxylation sites is 1. The number of fused-ring (bicyclic) bond motifs is 1. The third-order valence-corrected chi connectivity index (χ3v) is 5.92. The summed E-state index contributed by atoms with van der Waals surface area (Å²) in [5.74, 6) is 1.34. The maximum Gasteiger partial charge on any atom is 0.137 e. The lowest BCUT2D eigenvalue weighted by Gasteiger charge is -2.39. The summed E-state index contributed by atoms with van der Waals surface area (Å²) in [7, 11) is 2.06. The van der Waals surface area contributed by atoms with Gasteiger partial charge in [-0.25, -0.2) is 0 Å². The predicted molar refractivity (Wildman–Crippen MR) is 109 cm³/mol. The van der Waals surface area contributed by atoms with Crippen molar-refractivity contribution in [3.05, 3.63) is 65.7 Å². The molecule has 26 heavy (non-hydrogen) atoms. The molecule has 0 bridgehead atoms. The number of aliphatic imine (C=N–C) groups is 1. The number of anilines is 1. The molecule has 0 radical (unpaired) electrons. The van der Waals surface area contributed by atoms with Crippen LogP contribution in [-0.2, 0) is 0 Å². The molecular weight excluding hydrogens is 320 g/mol. The highest BCUT2D eigenvalue weighted by atomic mass is 15.4. The molecule has 2 atom stereocenters. The molecule has 0 saturated carbocycles. The summed E-state index contributed by atoms with van der Waals surface area (Å²) in [5.41, 5.74) is 3.64. The fraction of sp³-hybridized carbons (Fsp3) is 0.409. The van der Waals surface area contributed by atoms with E-state index >= 15 is 0 Å². The van der Waals surface area contributed by atoms with E-state index in [0.717, 1.165) is 31.9 Å². The van der Waals surface area contributed by atoms with Crippen LogP contribution in [-0.4, -0.2) is 43.1 Å². The highest BCUT2D eigenvalue weighted by Gasteiger charge is 2.44. The topological polar surface area (TPSA) is 39.7 Å². The number of likely N-dealkylation sites (tertiary alicyclic amines) is 1. The summed E-state index contributed by atoms with van der Waals surface area (Å²) in [6.45, 7) is 5.13. The predicted octanol–water partition coefficient (Wildman–Crippen LogP) is 3.67. The van der Waals surface area contributed by atoms with Crippen LogP contribution in [0.4, 0.5) is 5.69 Å². The van der Waals surface area contributed by atoms with Crippen LogP contribution in [0.2, 0.25) is 0 Å². The molecule has 2 aliphatic heterocycles. The van der Waals surface area contributed by atoms with Gasteiger partial charge in [0, 0.05) is 18.2 Å². The zero-order valence-corrected chi connectivity index (χ0v) is 15.7. The molecule has 2 aromatic rings. The number of hydrogen-bond acceptors (Lipinski definition) is 4. The lowest BCUT2D eigenvalue weighted by molar-refractivity contribution is 0.184. The van der Waals surface area contributed by atoms with E-state index in [1.165, 1.54) is 23.2 Å². The zero-order valence-electron chi connectivity index (χ0n) is 15.7. The van der Waals surface area contributed by atoms with Gasteiger partial charge in [-0.15, -0.1) is 0 Å². The Morgan fingerprint density at radius 1 is 1.15 bits per heavy atom. The maximum absolute atomic E-state index is 5.12. The number of amidine groups is 1. The molecule has 2 aromatic carbocycles. The minimum Gasteiger partial charge on any atom is -0.341 e. The second-order valence-corrected chi connectivity index (χ2v) is 7.16. The molecule has 4 heteroatoms. The third kappa shape index (κ3) is 2.83. The first kappa shape index (κ1) is 17.3. The summed E-state index contributed by atoms with van der Waals surface area (Å²) in [6.07, 6.45) is 2.28. The van der Waals surface area contributed by atoms with Gasteiger partial charge in [0.2, 0.25) is 0 Å². The fourth-order valence-corrected chi connectivity index (χ4v) is 4.54. The van der Waals surface area contributed by atoms with Crippen molar-refractivity contribution in [2.75, 3.05) is 32.0 Å². The van der Waals surface area contributed by atoms with Crippen molar-refractivity contribution in [1.82, 2.24) is 10.2 Å². The zero-order chi connectivity index (χ0) is 18.0. The van der Waals surface area contributed by atoms with Gasteiger partial charge in [-0.1, -0.05) is 55.5 Å². The Morgan fingerprint density at radius 2 is 1.92 bits per heavy atom. The van der Waals surface area contributed by atoms with Gasteiger partial charge >= 0.3 is 0 Å². The number of nitrogens with one attached hydrogen (secondary N) is 2. The Bertz CT molecular complexity index is 786. The van der Waals surface area contributed by atoms with E-state index in [-0.39, 0.29) is 11.6 Å². The Hall–Kier alpha value is -2.17. The average molecular weight is 348 g/mol. The minimum atomic E-state index is -0.187. The van der Waals surface area contributed by atoms with E-state index in [4.69, 9.17) is 4.99 Å². The van der Waals surface area contributed by atoms with Gasteiger partial charge in [0.1, 0.15) is 11.5 Å². The number of nitrogens with zero attached hydrogens (tertiary/aromatic N) is 2. The summed E-state index contributed by atoms with van der Waals surface area (Å²) >= 11 is 0. The molecule has 2 unspecified atom stereocenters. The Labute approximate surface area is 156 Å². The first-order valence-corrected chi connectivity index (χ1v) is 9.68. The standard InChI is InChI=1S/C22H28N4/c1-3-26-15-9-14-22(26,23-2)21-24-16-19(17-10-5-4-6-11-17)18-12-7-8-13-20(18)25-21/h4-8,10-13,19,23H,3,9,14-16H2,1-2H3,(H,24,25). The molecule has 0 amide bonds. The van der Waals surface area contributed by atoms with Crippen molar-refractivity contribution in [2.24, 2.45) is 4.99 Å². The van der Waals surface area contributed by atoms with E-state index in [0.29, 0.717) is 0 Å². The first-order valence-electron chi connectivity index (χ1n) is 9.68. The molecule has 4 nitrogen and oxygen atoms in total. The van der Waals surface area contributed by atoms with Gasteiger partial charge in [-0.3, -0.25) is 15.2 Å². The van der Waals surface area contributed by atoms with E-state index in [1.54, 1.807) is 0 Å². The van der Waals surface area contributed by atoms with Crippen LogP contribution in [0.15, 0.2) is 59.6 Å². The third-order valence-electron chi connectivity index (χ3n) is 5.92. The summed E-state index contributed by atoms with van der Waals surface area (Å²) in [6, 6.07) is 19.4. The number of rotatable bonds is 4. The van der Waals surface area contributed by atoms with Crippen LogP contribution < -0.4 is 10.6 Å². The molecule has 0 spiro atoms. The van der Waals surface area contributed by atoms with Crippen molar-refractivity contribution < 1.29 is 0 Å². The Kier molecular flexibility index (Phi) is 4.79. The van der Waals surface area contributed by atoms with Crippen LogP contribution in [0.1, 0.15) is 36.8 Å². The average Bonchev–Trinajstić information content (AvgIpc) is 3.03. The monoisotopic (exact) mass is 348 g/mol. The van der Waals surface area contributed by atoms with Crippen molar-refractivity contribution in [3.8, 4) is 0 Å². The van der Waals surface area contributed by atoms with Crippen LogP contribution in [0.3, 0.4) is 0 Å². The van der Waals surface area contributed by atoms with Gasteiger partial charge in [-0.2, -0.15) is 0 Å². The van der Waals surface area contributed by atoms with Gasteiger partial charge in [0.25, 0.3) is 0 Å². The summed E-state index contributed by atoms with van der Waals surface area (Å²) in [5, 5.41) is 7.30. The smallest absolute Gasteiger partial charge is 0.137 e. The molecule has 1 fully saturated rings. The summed E-state index contributed by atoms with van der Waals surface area (Å²) in [4.78, 5) is 7.62. The van der Waals surface area contributed by atoms with E-state index in [9.17, 15) is 0 Å². The fourth-order valence-electron chi connectivity index (χ4n) is 4.54. The van der Waals surface area contributed by atoms with Crippen LogP contribution >= 0.6 is 0 Å². The number of hydrogen-bond donors (Lipinski definition) is 2. The molecule has 4 rings (SSSR count). The molecule has 2 heterocycles. The van der Waals surface area contributed by atoms with Crippen molar-refractivity contribution in [3.63, 3.8) is 0 Å². The number of likely N-dealkylation sites (N-methyl/N-ethyl adjacent to an activating group) is 2. The van der Waals surface area contributed by atoms with Gasteiger partial charge in [0.05, 0.1) is 6.54 Å². The molecule has 2 aliphatic rings. The van der Waals surface area contributed by atoms with Crippen LogP contribution in [0.25, 0.3) is 0 Å². The van der Waals surface area contributed by atoms with E-state index in [2.05, 4.69) is 84.1 Å². The van der Waals surface area contributed by atoms with Gasteiger partial charge in [-0.05, 0) is 43.6 Å². The maximum atomic E-state index is 5.12. The Morgan fingerprint density at radius 3 is 2.69 bits per heavy atom. The quantitative estimate of drug-likeness (QED) is 0.885. The van der Waals surface area contributed by atoms with E-state index in [1.807, 2.05) is 0 Å². The Balaban J connectivity index is 1.78. The SMILES string of the molecule is CCN1CCCC1(NC)C1=NCC(c2ccccc2)c2ccccc2N1. The normalized spacial score (nSPS) is 25.9. The minimum absolute atomic E-state index is 0.187. The second kappa shape index (κ2) is 7.22. The molecule has 136 valence electrons. The highest BCUT2D eigenvalue weighted by molar-refractivity contribution is 6.03. The largest absolute Gasteiger partial charge is 0.341 e. The lowest BCUT2D eigenvalue weighted by atomic mass is 9.90. The number of benzene rings is 2. The molecule has 0 aromatic heterocycles. The van der Waals surface area contributed by atoms with Crippen molar-refractivity contribution in [1.29, 1.82) is 0 Å². The molecule has 0 aliphatic carbocycles. The van der Waals surface area contributed by atoms with Crippen LogP contribution in [0, 0.1) is 0 Å². The molecular formula is C22H28N4.